The summed E-state index contributed by atoms with van der Waals surface area (Å²) in [4.78, 5) is 13.8. The number of hydrogen-bond acceptors (Lipinski definition) is 3. The molecule has 0 aliphatic heterocycles. The van der Waals surface area contributed by atoms with Crippen LogP contribution in [0.15, 0.2) is 18.2 Å². The first-order valence-corrected chi connectivity index (χ1v) is 6.73. The van der Waals surface area contributed by atoms with Gasteiger partial charge in [0.05, 0.1) is 6.54 Å². The molecule has 0 fully saturated rings. The van der Waals surface area contributed by atoms with Gasteiger partial charge in [-0.1, -0.05) is 25.1 Å². The van der Waals surface area contributed by atoms with Crippen molar-refractivity contribution in [3.05, 3.63) is 29.3 Å². The number of amides is 1. The molecule has 0 heterocycles. The minimum Gasteiger partial charge on any atom is -0.507 e. The number of phenolic OH excluding ortho intramolecular Hbond substituents is 1. The molecule has 0 bridgehead atoms. The van der Waals surface area contributed by atoms with E-state index in [4.69, 9.17) is 0 Å². The Morgan fingerprint density at radius 2 is 2.11 bits per heavy atom. The largest absolute Gasteiger partial charge is 0.507 e. The summed E-state index contributed by atoms with van der Waals surface area (Å²) in [5.74, 6) is 0.342. The second kappa shape index (κ2) is 7.14. The SMILES string of the molecule is CCN(CC(=O)NC(C)C)Cc1cccc(C)c1O. The van der Waals surface area contributed by atoms with Crippen molar-refractivity contribution in [3.63, 3.8) is 0 Å². The minimum atomic E-state index is 0.0176. The van der Waals surface area contributed by atoms with Gasteiger partial charge in [-0.05, 0) is 32.9 Å². The molecule has 1 amide bonds. The van der Waals surface area contributed by atoms with Crippen molar-refractivity contribution in [2.45, 2.75) is 40.3 Å². The van der Waals surface area contributed by atoms with Gasteiger partial charge in [0.2, 0.25) is 5.91 Å². The van der Waals surface area contributed by atoms with Crippen LogP contribution in [0.5, 0.6) is 5.75 Å². The molecule has 0 spiro atoms. The number of para-hydroxylation sites is 1. The lowest BCUT2D eigenvalue weighted by molar-refractivity contribution is -0.122. The van der Waals surface area contributed by atoms with Crippen LogP contribution in [0, 0.1) is 6.92 Å². The molecule has 4 heteroatoms. The molecule has 4 nitrogen and oxygen atoms in total. The van der Waals surface area contributed by atoms with Crippen molar-refractivity contribution in [2.75, 3.05) is 13.1 Å². The Hall–Kier alpha value is -1.55. The van der Waals surface area contributed by atoms with E-state index in [0.717, 1.165) is 17.7 Å². The summed E-state index contributed by atoms with van der Waals surface area (Å²) in [6.07, 6.45) is 0. The fraction of sp³-hybridized carbons (Fsp3) is 0.533. The monoisotopic (exact) mass is 264 g/mol. The van der Waals surface area contributed by atoms with E-state index < -0.39 is 0 Å². The highest BCUT2D eigenvalue weighted by Crippen LogP contribution is 2.22. The Balaban J connectivity index is 2.66. The maximum absolute atomic E-state index is 11.7. The van der Waals surface area contributed by atoms with Crippen molar-refractivity contribution in [2.24, 2.45) is 0 Å². The molecule has 0 aliphatic rings. The van der Waals surface area contributed by atoms with Gasteiger partial charge in [-0.3, -0.25) is 9.69 Å². The number of nitrogens with one attached hydrogen (secondary N) is 1. The first-order valence-electron chi connectivity index (χ1n) is 6.73. The van der Waals surface area contributed by atoms with Gasteiger partial charge in [-0.15, -0.1) is 0 Å². The zero-order valence-electron chi connectivity index (χ0n) is 12.2. The molecule has 0 saturated carbocycles. The van der Waals surface area contributed by atoms with Crippen LogP contribution >= 0.6 is 0 Å². The number of carbonyl (C=O) groups is 1. The van der Waals surface area contributed by atoms with E-state index in [1.54, 1.807) is 0 Å². The predicted octanol–water partition coefficient (Wildman–Crippen LogP) is 2.05. The number of nitrogens with zero attached hydrogens (tertiary/aromatic N) is 1. The van der Waals surface area contributed by atoms with Crippen molar-refractivity contribution < 1.29 is 9.90 Å². The second-order valence-corrected chi connectivity index (χ2v) is 5.11. The van der Waals surface area contributed by atoms with Crippen LogP contribution < -0.4 is 5.32 Å². The quantitative estimate of drug-likeness (QED) is 0.827. The zero-order valence-corrected chi connectivity index (χ0v) is 12.2. The van der Waals surface area contributed by atoms with Crippen molar-refractivity contribution in [1.29, 1.82) is 0 Å². The molecule has 19 heavy (non-hydrogen) atoms. The van der Waals surface area contributed by atoms with Crippen LogP contribution in [0.25, 0.3) is 0 Å². The average Bonchev–Trinajstić information content (AvgIpc) is 2.32. The number of phenols is 1. The summed E-state index contributed by atoms with van der Waals surface area (Å²) in [5.41, 5.74) is 1.72. The standard InChI is InChI=1S/C15H24N2O2/c1-5-17(10-14(18)16-11(2)3)9-13-8-6-7-12(4)15(13)19/h6-8,11,19H,5,9-10H2,1-4H3,(H,16,18). The van der Waals surface area contributed by atoms with E-state index in [2.05, 4.69) is 5.32 Å². The highest BCUT2D eigenvalue weighted by molar-refractivity contribution is 5.78. The molecule has 1 aromatic carbocycles. The topological polar surface area (TPSA) is 52.6 Å². The number of hydrogen-bond donors (Lipinski definition) is 2. The lowest BCUT2D eigenvalue weighted by atomic mass is 10.1. The molecule has 1 aromatic rings. The van der Waals surface area contributed by atoms with Gasteiger partial charge in [0, 0.05) is 18.2 Å². The number of aromatic hydroxyl groups is 1. The van der Waals surface area contributed by atoms with E-state index in [1.165, 1.54) is 0 Å². The van der Waals surface area contributed by atoms with Crippen molar-refractivity contribution in [3.8, 4) is 5.75 Å². The molecule has 2 N–H and O–H groups in total. The summed E-state index contributed by atoms with van der Waals surface area (Å²) >= 11 is 0. The first kappa shape index (κ1) is 15.5. The van der Waals surface area contributed by atoms with Crippen LogP contribution in [-0.4, -0.2) is 35.0 Å². The average molecular weight is 264 g/mol. The molecule has 0 radical (unpaired) electrons. The van der Waals surface area contributed by atoms with E-state index in [-0.39, 0.29) is 11.9 Å². The van der Waals surface area contributed by atoms with Crippen molar-refractivity contribution >= 4 is 5.91 Å². The highest BCUT2D eigenvalue weighted by Gasteiger charge is 2.12. The van der Waals surface area contributed by atoms with E-state index in [1.807, 2.05) is 50.8 Å². The molecule has 0 unspecified atom stereocenters. The van der Waals surface area contributed by atoms with Gasteiger partial charge in [0.25, 0.3) is 0 Å². The van der Waals surface area contributed by atoms with Crippen molar-refractivity contribution in [1.82, 2.24) is 10.2 Å². The van der Waals surface area contributed by atoms with Crippen LogP contribution in [0.3, 0.4) is 0 Å². The summed E-state index contributed by atoms with van der Waals surface area (Å²) in [6.45, 7) is 9.47. The summed E-state index contributed by atoms with van der Waals surface area (Å²) in [5, 5.41) is 12.9. The second-order valence-electron chi connectivity index (χ2n) is 5.11. The van der Waals surface area contributed by atoms with Gasteiger partial charge in [-0.25, -0.2) is 0 Å². The fourth-order valence-electron chi connectivity index (χ4n) is 1.94. The summed E-state index contributed by atoms with van der Waals surface area (Å²) in [6, 6.07) is 5.84. The Labute approximate surface area is 115 Å². The lowest BCUT2D eigenvalue weighted by Gasteiger charge is -2.21. The summed E-state index contributed by atoms with van der Waals surface area (Å²) < 4.78 is 0. The Morgan fingerprint density at radius 1 is 1.42 bits per heavy atom. The van der Waals surface area contributed by atoms with E-state index >= 15 is 0 Å². The Kier molecular flexibility index (Phi) is 5.83. The molecule has 0 atom stereocenters. The van der Waals surface area contributed by atoms with E-state index in [0.29, 0.717) is 18.8 Å². The third-order valence-corrected chi connectivity index (χ3v) is 2.98. The van der Waals surface area contributed by atoms with Gasteiger partial charge >= 0.3 is 0 Å². The molecule has 0 aliphatic carbocycles. The third kappa shape index (κ3) is 4.91. The zero-order chi connectivity index (χ0) is 14.4. The normalized spacial score (nSPS) is 11.1. The number of aryl methyl sites for hydroxylation is 1. The number of carbonyl (C=O) groups excluding carboxylic acids is 1. The first-order chi connectivity index (χ1) is 8.93. The van der Waals surface area contributed by atoms with E-state index in [9.17, 15) is 9.90 Å². The number of rotatable bonds is 6. The fourth-order valence-corrected chi connectivity index (χ4v) is 1.94. The van der Waals surface area contributed by atoms with Gasteiger partial charge in [0.1, 0.15) is 5.75 Å². The molecule has 1 rings (SSSR count). The molecular weight excluding hydrogens is 240 g/mol. The smallest absolute Gasteiger partial charge is 0.234 e. The minimum absolute atomic E-state index is 0.0176. The Morgan fingerprint density at radius 3 is 2.68 bits per heavy atom. The lowest BCUT2D eigenvalue weighted by Crippen LogP contribution is -2.39. The van der Waals surface area contributed by atoms with Gasteiger partial charge in [-0.2, -0.15) is 0 Å². The van der Waals surface area contributed by atoms with Gasteiger partial charge < -0.3 is 10.4 Å². The maximum atomic E-state index is 11.7. The molecular formula is C15H24N2O2. The molecule has 0 saturated heterocycles. The highest BCUT2D eigenvalue weighted by atomic mass is 16.3. The molecule has 106 valence electrons. The third-order valence-electron chi connectivity index (χ3n) is 2.98. The van der Waals surface area contributed by atoms with Gasteiger partial charge in [0.15, 0.2) is 0 Å². The summed E-state index contributed by atoms with van der Waals surface area (Å²) in [7, 11) is 0. The van der Waals surface area contributed by atoms with Crippen LogP contribution in [0.1, 0.15) is 31.9 Å². The van der Waals surface area contributed by atoms with Crippen LogP contribution in [0.2, 0.25) is 0 Å². The maximum Gasteiger partial charge on any atom is 0.234 e. The number of benzene rings is 1. The van der Waals surface area contributed by atoms with Crippen LogP contribution in [0.4, 0.5) is 0 Å². The Bertz CT molecular complexity index is 430. The number of likely N-dealkylation sites (N-methyl/N-ethyl adjacent to an activating group) is 1. The molecule has 0 aromatic heterocycles. The van der Waals surface area contributed by atoms with Crippen LogP contribution in [-0.2, 0) is 11.3 Å². The predicted molar refractivity (Wildman–Crippen MR) is 77.1 cm³/mol.